The number of nitrogens with one attached hydrogen (secondary N) is 1. The van der Waals surface area contributed by atoms with Crippen molar-refractivity contribution in [2.75, 3.05) is 25.6 Å². The molecule has 1 rings (SSSR count). The molecular formula is C10H17ClN4O2. The normalized spacial score (nSPS) is 12.2. The first kappa shape index (κ1) is 13.9. The maximum Gasteiger partial charge on any atom is 0.322 e. The third-order valence-corrected chi connectivity index (χ3v) is 2.14. The number of halogens is 1. The minimum absolute atomic E-state index is 0.0607. The van der Waals surface area contributed by atoms with Crippen LogP contribution in [0.5, 0.6) is 6.01 Å². The lowest BCUT2D eigenvalue weighted by atomic mass is 10.4. The Labute approximate surface area is 106 Å². The highest BCUT2D eigenvalue weighted by atomic mass is 35.5. The second-order valence-electron chi connectivity index (χ2n) is 3.49. The summed E-state index contributed by atoms with van der Waals surface area (Å²) in [6.45, 7) is 5.07. The van der Waals surface area contributed by atoms with Gasteiger partial charge in [0.1, 0.15) is 0 Å². The average Bonchev–Trinajstić information content (AvgIpc) is 2.32. The predicted octanol–water partition coefficient (Wildman–Crippen LogP) is 1.76. The van der Waals surface area contributed by atoms with E-state index in [1.54, 1.807) is 7.11 Å². The minimum Gasteiger partial charge on any atom is -0.463 e. The Hall–Kier alpha value is -1.14. The van der Waals surface area contributed by atoms with Crippen LogP contribution in [0.1, 0.15) is 20.3 Å². The first-order valence-corrected chi connectivity index (χ1v) is 5.84. The zero-order valence-corrected chi connectivity index (χ0v) is 11.0. The number of nitrogens with zero attached hydrogens (tertiary/aromatic N) is 3. The van der Waals surface area contributed by atoms with Gasteiger partial charge in [0, 0.05) is 13.7 Å². The first-order chi connectivity index (χ1) is 8.15. The van der Waals surface area contributed by atoms with Gasteiger partial charge in [0.2, 0.25) is 11.2 Å². The maximum atomic E-state index is 5.76. The highest BCUT2D eigenvalue weighted by Crippen LogP contribution is 2.11. The first-order valence-electron chi connectivity index (χ1n) is 5.46. The number of rotatable bonds is 7. The molecule has 1 unspecified atom stereocenters. The Morgan fingerprint density at radius 2 is 2.12 bits per heavy atom. The highest BCUT2D eigenvalue weighted by Gasteiger charge is 2.07. The quantitative estimate of drug-likeness (QED) is 0.806. The molecule has 1 aromatic rings. The topological polar surface area (TPSA) is 69.2 Å². The lowest BCUT2D eigenvalue weighted by molar-refractivity contribution is 0.128. The number of aromatic nitrogens is 3. The van der Waals surface area contributed by atoms with Crippen molar-refractivity contribution in [1.29, 1.82) is 0 Å². The van der Waals surface area contributed by atoms with Gasteiger partial charge in [0.05, 0.1) is 12.7 Å². The SMILES string of the molecule is CCCOc1nc(Cl)nc(NCC(C)OC)n1. The van der Waals surface area contributed by atoms with E-state index in [0.717, 1.165) is 6.42 Å². The van der Waals surface area contributed by atoms with E-state index >= 15 is 0 Å². The van der Waals surface area contributed by atoms with Crippen LogP contribution in [0.15, 0.2) is 0 Å². The smallest absolute Gasteiger partial charge is 0.322 e. The van der Waals surface area contributed by atoms with Gasteiger partial charge in [-0.15, -0.1) is 0 Å². The van der Waals surface area contributed by atoms with E-state index in [2.05, 4.69) is 20.3 Å². The van der Waals surface area contributed by atoms with E-state index in [0.29, 0.717) is 19.1 Å². The lowest BCUT2D eigenvalue weighted by Gasteiger charge is -2.11. The van der Waals surface area contributed by atoms with Crippen LogP contribution in [-0.4, -0.2) is 41.3 Å². The molecule has 7 heteroatoms. The molecule has 0 aliphatic carbocycles. The molecule has 0 radical (unpaired) electrons. The molecule has 6 nitrogen and oxygen atoms in total. The van der Waals surface area contributed by atoms with Gasteiger partial charge in [-0.2, -0.15) is 15.0 Å². The van der Waals surface area contributed by atoms with Crippen LogP contribution >= 0.6 is 11.6 Å². The summed E-state index contributed by atoms with van der Waals surface area (Å²) in [6.07, 6.45) is 0.942. The summed E-state index contributed by atoms with van der Waals surface area (Å²) in [7, 11) is 1.64. The van der Waals surface area contributed by atoms with E-state index < -0.39 is 0 Å². The van der Waals surface area contributed by atoms with Crippen LogP contribution < -0.4 is 10.1 Å². The Morgan fingerprint density at radius 3 is 2.76 bits per heavy atom. The second kappa shape index (κ2) is 7.24. The van der Waals surface area contributed by atoms with E-state index in [1.807, 2.05) is 13.8 Å². The zero-order valence-electron chi connectivity index (χ0n) is 10.2. The molecule has 0 saturated carbocycles. The average molecular weight is 261 g/mol. The van der Waals surface area contributed by atoms with E-state index in [1.165, 1.54) is 0 Å². The molecule has 17 heavy (non-hydrogen) atoms. The van der Waals surface area contributed by atoms with Gasteiger partial charge in [0.25, 0.3) is 0 Å². The van der Waals surface area contributed by atoms with Crippen molar-refractivity contribution in [2.45, 2.75) is 26.4 Å². The summed E-state index contributed by atoms with van der Waals surface area (Å²) in [5.41, 5.74) is 0. The summed E-state index contributed by atoms with van der Waals surface area (Å²) in [4.78, 5) is 11.9. The molecule has 0 aromatic carbocycles. The van der Waals surface area contributed by atoms with Crippen molar-refractivity contribution < 1.29 is 9.47 Å². The van der Waals surface area contributed by atoms with Crippen LogP contribution in [0.2, 0.25) is 5.28 Å². The number of methoxy groups -OCH3 is 1. The Kier molecular flexibility index (Phi) is 5.93. The van der Waals surface area contributed by atoms with Crippen LogP contribution in [0.3, 0.4) is 0 Å². The fraction of sp³-hybridized carbons (Fsp3) is 0.700. The molecule has 1 N–H and O–H groups in total. The van der Waals surface area contributed by atoms with Crippen molar-refractivity contribution in [3.8, 4) is 6.01 Å². The van der Waals surface area contributed by atoms with Crippen molar-refractivity contribution >= 4 is 17.5 Å². The van der Waals surface area contributed by atoms with Gasteiger partial charge in [0.15, 0.2) is 0 Å². The van der Waals surface area contributed by atoms with Gasteiger partial charge in [-0.05, 0) is 24.9 Å². The fourth-order valence-electron chi connectivity index (χ4n) is 0.987. The molecule has 0 amide bonds. The third kappa shape index (κ3) is 5.14. The van der Waals surface area contributed by atoms with Crippen LogP contribution in [0, 0.1) is 0 Å². The number of hydrogen-bond donors (Lipinski definition) is 1. The third-order valence-electron chi connectivity index (χ3n) is 1.97. The molecule has 0 aliphatic heterocycles. The highest BCUT2D eigenvalue weighted by molar-refractivity contribution is 6.28. The van der Waals surface area contributed by atoms with Gasteiger partial charge >= 0.3 is 6.01 Å². The molecule has 1 aromatic heterocycles. The fourth-order valence-corrected chi connectivity index (χ4v) is 1.14. The van der Waals surface area contributed by atoms with E-state index in [9.17, 15) is 0 Å². The summed E-state index contributed by atoms with van der Waals surface area (Å²) in [6, 6.07) is 0.236. The van der Waals surface area contributed by atoms with Gasteiger partial charge in [-0.25, -0.2) is 0 Å². The molecule has 0 bridgehead atoms. The molecule has 0 aliphatic rings. The zero-order chi connectivity index (χ0) is 12.7. The van der Waals surface area contributed by atoms with Crippen LogP contribution in [0.25, 0.3) is 0 Å². The Morgan fingerprint density at radius 1 is 1.35 bits per heavy atom. The van der Waals surface area contributed by atoms with Crippen LogP contribution in [0.4, 0.5) is 5.95 Å². The lowest BCUT2D eigenvalue weighted by Crippen LogP contribution is -2.19. The predicted molar refractivity (Wildman–Crippen MR) is 65.6 cm³/mol. The van der Waals surface area contributed by atoms with Gasteiger partial charge in [-0.1, -0.05) is 6.92 Å². The molecule has 0 saturated heterocycles. The standard InChI is InChI=1S/C10H17ClN4O2/c1-4-5-17-10-14-8(11)13-9(15-10)12-6-7(2)16-3/h7H,4-6H2,1-3H3,(H,12,13,14,15). The second-order valence-corrected chi connectivity index (χ2v) is 3.82. The number of ether oxygens (including phenoxy) is 2. The summed E-state index contributed by atoms with van der Waals surface area (Å²) in [5.74, 6) is 0.389. The molecule has 0 fully saturated rings. The Balaban J connectivity index is 2.61. The summed E-state index contributed by atoms with van der Waals surface area (Å²) in [5, 5.41) is 3.11. The van der Waals surface area contributed by atoms with Crippen molar-refractivity contribution in [3.05, 3.63) is 5.28 Å². The molecule has 96 valence electrons. The monoisotopic (exact) mass is 260 g/mol. The molecule has 0 spiro atoms. The number of anilines is 1. The summed E-state index contributed by atoms with van der Waals surface area (Å²) < 4.78 is 10.4. The molecule has 1 atom stereocenters. The van der Waals surface area contributed by atoms with Crippen molar-refractivity contribution in [1.82, 2.24) is 15.0 Å². The van der Waals surface area contributed by atoms with Crippen molar-refractivity contribution in [2.24, 2.45) is 0 Å². The molecule has 1 heterocycles. The van der Waals surface area contributed by atoms with E-state index in [4.69, 9.17) is 21.1 Å². The largest absolute Gasteiger partial charge is 0.463 e. The van der Waals surface area contributed by atoms with Crippen molar-refractivity contribution in [3.63, 3.8) is 0 Å². The van der Waals surface area contributed by atoms with E-state index in [-0.39, 0.29) is 17.4 Å². The number of hydrogen-bond acceptors (Lipinski definition) is 6. The Bertz CT molecular complexity index is 351. The van der Waals surface area contributed by atoms with Gasteiger partial charge in [-0.3, -0.25) is 0 Å². The maximum absolute atomic E-state index is 5.76. The van der Waals surface area contributed by atoms with Gasteiger partial charge < -0.3 is 14.8 Å². The molecular weight excluding hydrogens is 244 g/mol. The summed E-state index contributed by atoms with van der Waals surface area (Å²) >= 11 is 5.76. The minimum atomic E-state index is 0.0607. The van der Waals surface area contributed by atoms with Crippen LogP contribution in [-0.2, 0) is 4.74 Å².